The Morgan fingerprint density at radius 1 is 0.957 bits per heavy atom. The summed E-state index contributed by atoms with van der Waals surface area (Å²) in [5.74, 6) is 0.179. The van der Waals surface area contributed by atoms with Crippen LogP contribution in [0.25, 0.3) is 0 Å². The Kier molecular flexibility index (Phi) is 12.9. The Morgan fingerprint density at radius 2 is 1.74 bits per heavy atom. The number of sulfonamides is 1. The number of amides is 1. The van der Waals surface area contributed by atoms with Gasteiger partial charge < -0.3 is 28.6 Å². The normalized spacial score (nSPS) is 19.7. The molecule has 0 aromatic heterocycles. The first kappa shape index (κ1) is 35.6. The fraction of sp³-hybridized carbons (Fsp3) is 0.629. The van der Waals surface area contributed by atoms with E-state index in [1.807, 2.05) is 44.2 Å². The van der Waals surface area contributed by atoms with E-state index < -0.39 is 15.8 Å². The van der Waals surface area contributed by atoms with Crippen LogP contribution in [0.2, 0.25) is 0 Å². The number of carbonyl (C=O) groups is 1. The Morgan fingerprint density at radius 3 is 2.57 bits per heavy atom. The molecular weight excluding hydrogens is 622 g/mol. The predicted octanol–water partition coefficient (Wildman–Crippen LogP) is 5.04. The summed E-state index contributed by atoms with van der Waals surface area (Å²) < 4.78 is 56.7. The number of cyclic esters (lactones) is 1. The molecule has 2 saturated heterocycles. The molecule has 47 heavy (non-hydrogen) atoms. The van der Waals surface area contributed by atoms with Gasteiger partial charge in [0.1, 0.15) is 11.9 Å². The number of rotatable bonds is 18. The standard InChI is InChI=1S/C35H51N3O8S/c1-35(2)44-27-30-25-29(13-14-32(30)46-35)33-26-38(34(39)45-33)16-6-3-4-7-20-42-21-8-5-10-28-11-9-12-31(24-28)47(40,41)36-15-17-37-18-22-43-23-19-37/h9,11-14,24-25,33,36H,3-8,10,15-23,26-27H2,1-2H3/t33-/m0/s1. The van der Waals surface area contributed by atoms with Crippen LogP contribution in [0.3, 0.4) is 0 Å². The average molecular weight is 674 g/mol. The minimum Gasteiger partial charge on any atom is -0.463 e. The van der Waals surface area contributed by atoms with Crippen LogP contribution in [0.5, 0.6) is 5.75 Å². The van der Waals surface area contributed by atoms with E-state index in [0.717, 1.165) is 87.1 Å². The summed E-state index contributed by atoms with van der Waals surface area (Å²) in [5, 5.41) is 0. The van der Waals surface area contributed by atoms with Gasteiger partial charge >= 0.3 is 6.09 Å². The van der Waals surface area contributed by atoms with Gasteiger partial charge in [0.15, 0.2) is 0 Å². The second-order valence-corrected chi connectivity index (χ2v) is 14.7. The van der Waals surface area contributed by atoms with Crippen molar-refractivity contribution in [2.24, 2.45) is 0 Å². The van der Waals surface area contributed by atoms with Crippen LogP contribution in [0.1, 0.15) is 75.2 Å². The van der Waals surface area contributed by atoms with Crippen molar-refractivity contribution in [1.82, 2.24) is 14.5 Å². The summed E-state index contributed by atoms with van der Waals surface area (Å²) in [7, 11) is -3.53. The van der Waals surface area contributed by atoms with Gasteiger partial charge in [-0.1, -0.05) is 31.0 Å². The molecule has 3 heterocycles. The van der Waals surface area contributed by atoms with E-state index >= 15 is 0 Å². The number of morpholine rings is 1. The van der Waals surface area contributed by atoms with Crippen LogP contribution < -0.4 is 9.46 Å². The highest BCUT2D eigenvalue weighted by Crippen LogP contribution is 2.35. The van der Waals surface area contributed by atoms with Crippen LogP contribution in [-0.4, -0.2) is 95.8 Å². The van der Waals surface area contributed by atoms with Gasteiger partial charge in [-0.05, 0) is 67.5 Å². The summed E-state index contributed by atoms with van der Waals surface area (Å²) in [6.07, 6.45) is 6.14. The van der Waals surface area contributed by atoms with Crippen molar-refractivity contribution in [3.8, 4) is 5.75 Å². The molecular formula is C35H51N3O8S. The summed E-state index contributed by atoms with van der Waals surface area (Å²) in [5.41, 5.74) is 2.96. The molecule has 5 rings (SSSR count). The number of fused-ring (bicyclic) bond motifs is 1. The summed E-state index contributed by atoms with van der Waals surface area (Å²) in [6.45, 7) is 11.1. The molecule has 0 spiro atoms. The smallest absolute Gasteiger partial charge is 0.410 e. The maximum Gasteiger partial charge on any atom is 0.410 e. The molecule has 12 heteroatoms. The van der Waals surface area contributed by atoms with Gasteiger partial charge in [0.25, 0.3) is 0 Å². The van der Waals surface area contributed by atoms with Crippen LogP contribution in [0.15, 0.2) is 47.4 Å². The summed E-state index contributed by atoms with van der Waals surface area (Å²) >= 11 is 0. The van der Waals surface area contributed by atoms with Crippen molar-refractivity contribution in [3.63, 3.8) is 0 Å². The molecule has 3 aliphatic rings. The van der Waals surface area contributed by atoms with Gasteiger partial charge in [0, 0.05) is 65.3 Å². The SMILES string of the molecule is CC1(C)OCc2cc([C@@H]3CN(CCCCCCOCCCCc4cccc(S(=O)(=O)NCCN5CCOCC5)c4)C(=O)O3)ccc2O1. The maximum absolute atomic E-state index is 12.8. The van der Waals surface area contributed by atoms with Crippen molar-refractivity contribution in [2.45, 2.75) is 82.2 Å². The molecule has 3 aliphatic heterocycles. The van der Waals surface area contributed by atoms with E-state index in [1.54, 1.807) is 17.0 Å². The largest absolute Gasteiger partial charge is 0.463 e. The third-order valence-corrected chi connectivity index (χ3v) is 10.2. The van der Waals surface area contributed by atoms with E-state index in [9.17, 15) is 13.2 Å². The lowest BCUT2D eigenvalue weighted by Gasteiger charge is -2.32. The fourth-order valence-electron chi connectivity index (χ4n) is 6.03. The molecule has 0 bridgehead atoms. The Balaban J connectivity index is 0.888. The monoisotopic (exact) mass is 673 g/mol. The molecule has 1 amide bonds. The van der Waals surface area contributed by atoms with E-state index in [-0.39, 0.29) is 12.2 Å². The number of hydrogen-bond donors (Lipinski definition) is 1. The molecule has 2 aromatic carbocycles. The minimum absolute atomic E-state index is 0.255. The zero-order valence-corrected chi connectivity index (χ0v) is 28.7. The predicted molar refractivity (Wildman–Crippen MR) is 178 cm³/mol. The maximum atomic E-state index is 12.8. The zero-order chi connectivity index (χ0) is 33.1. The highest BCUT2D eigenvalue weighted by atomic mass is 32.2. The number of nitrogens with zero attached hydrogens (tertiary/aromatic N) is 2. The van der Waals surface area contributed by atoms with Crippen LogP contribution in [-0.2, 0) is 42.0 Å². The van der Waals surface area contributed by atoms with Crippen molar-refractivity contribution in [1.29, 1.82) is 0 Å². The number of aryl methyl sites for hydroxylation is 1. The van der Waals surface area contributed by atoms with Crippen molar-refractivity contribution < 1.29 is 36.9 Å². The van der Waals surface area contributed by atoms with Gasteiger partial charge in [-0.2, -0.15) is 0 Å². The molecule has 260 valence electrons. The van der Waals surface area contributed by atoms with Crippen LogP contribution >= 0.6 is 0 Å². The zero-order valence-electron chi connectivity index (χ0n) is 27.9. The molecule has 0 aliphatic carbocycles. The number of nitrogens with one attached hydrogen (secondary N) is 1. The van der Waals surface area contributed by atoms with Gasteiger partial charge in [-0.3, -0.25) is 4.90 Å². The number of hydrogen-bond acceptors (Lipinski definition) is 9. The van der Waals surface area contributed by atoms with E-state index in [1.165, 1.54) is 0 Å². The quantitative estimate of drug-likeness (QED) is 0.218. The molecule has 0 unspecified atom stereocenters. The van der Waals surface area contributed by atoms with Gasteiger partial charge in [0.2, 0.25) is 15.8 Å². The minimum atomic E-state index is -3.53. The lowest BCUT2D eigenvalue weighted by atomic mass is 10.0. The second kappa shape index (κ2) is 17.1. The van der Waals surface area contributed by atoms with Crippen molar-refractivity contribution in [3.05, 3.63) is 59.2 Å². The third kappa shape index (κ3) is 10.9. The molecule has 2 aromatic rings. The van der Waals surface area contributed by atoms with Crippen LogP contribution in [0, 0.1) is 0 Å². The lowest BCUT2D eigenvalue weighted by Crippen LogP contribution is -2.41. The first-order valence-electron chi connectivity index (χ1n) is 17.1. The molecule has 1 atom stereocenters. The number of ether oxygens (including phenoxy) is 5. The van der Waals surface area contributed by atoms with Crippen LogP contribution in [0.4, 0.5) is 4.79 Å². The first-order valence-corrected chi connectivity index (χ1v) is 18.5. The summed E-state index contributed by atoms with van der Waals surface area (Å²) in [4.78, 5) is 16.8. The molecule has 1 N–H and O–H groups in total. The number of benzene rings is 2. The molecule has 0 radical (unpaired) electrons. The lowest BCUT2D eigenvalue weighted by molar-refractivity contribution is -0.180. The summed E-state index contributed by atoms with van der Waals surface area (Å²) in [6, 6.07) is 13.2. The molecule has 0 saturated carbocycles. The van der Waals surface area contributed by atoms with Gasteiger partial charge in [0.05, 0.1) is 31.3 Å². The van der Waals surface area contributed by atoms with E-state index in [4.69, 9.17) is 23.7 Å². The highest BCUT2D eigenvalue weighted by Gasteiger charge is 2.33. The third-order valence-electron chi connectivity index (χ3n) is 8.78. The molecule has 2 fully saturated rings. The number of carbonyl (C=O) groups excluding carboxylic acids is 1. The van der Waals surface area contributed by atoms with Gasteiger partial charge in [-0.25, -0.2) is 17.9 Å². The van der Waals surface area contributed by atoms with E-state index in [0.29, 0.717) is 57.5 Å². The second-order valence-electron chi connectivity index (χ2n) is 13.0. The Bertz CT molecular complexity index is 1410. The van der Waals surface area contributed by atoms with E-state index in [2.05, 4.69) is 9.62 Å². The molecule has 11 nitrogen and oxygen atoms in total. The van der Waals surface area contributed by atoms with Gasteiger partial charge in [-0.15, -0.1) is 0 Å². The Hall–Kier alpha value is -2.74. The Labute approximate surface area is 279 Å². The highest BCUT2D eigenvalue weighted by molar-refractivity contribution is 7.89. The fourth-order valence-corrected chi connectivity index (χ4v) is 7.12. The topological polar surface area (TPSA) is 116 Å². The number of unbranched alkanes of at least 4 members (excludes halogenated alkanes) is 4. The van der Waals surface area contributed by atoms with Crippen molar-refractivity contribution in [2.75, 3.05) is 65.7 Å². The average Bonchev–Trinajstić information content (AvgIpc) is 3.43. The first-order chi connectivity index (χ1) is 22.7. The van der Waals surface area contributed by atoms with Crippen molar-refractivity contribution >= 4 is 16.1 Å².